The summed E-state index contributed by atoms with van der Waals surface area (Å²) in [5.41, 5.74) is 7.47. The van der Waals surface area contributed by atoms with Crippen LogP contribution in [-0.4, -0.2) is 30.6 Å². The van der Waals surface area contributed by atoms with Gasteiger partial charge in [-0.1, -0.05) is 6.07 Å². The first-order chi connectivity index (χ1) is 7.51. The smallest absolute Gasteiger partial charge is 0.196 e. The fourth-order valence-electron chi connectivity index (χ4n) is 1.68. The van der Waals surface area contributed by atoms with E-state index in [-0.39, 0.29) is 6.54 Å². The lowest BCUT2D eigenvalue weighted by molar-refractivity contribution is 0.0759. The van der Waals surface area contributed by atoms with E-state index >= 15 is 0 Å². The van der Waals surface area contributed by atoms with E-state index in [4.69, 9.17) is 10.5 Å². The zero-order chi connectivity index (χ0) is 12.3. The maximum absolute atomic E-state index is 11.9. The molecule has 0 fully saturated rings. The van der Waals surface area contributed by atoms with Gasteiger partial charge in [0, 0.05) is 6.54 Å². The summed E-state index contributed by atoms with van der Waals surface area (Å²) in [4.78, 5) is 11.9. The Balaban J connectivity index is 3.26. The number of aryl methyl sites for hydroxylation is 2. The number of benzene rings is 1. The van der Waals surface area contributed by atoms with Gasteiger partial charge in [-0.2, -0.15) is 0 Å². The van der Waals surface area contributed by atoms with Crippen molar-refractivity contribution in [2.75, 3.05) is 13.7 Å². The molecule has 0 aromatic heterocycles. The van der Waals surface area contributed by atoms with Gasteiger partial charge < -0.3 is 15.6 Å². The van der Waals surface area contributed by atoms with Gasteiger partial charge in [0.1, 0.15) is 11.9 Å². The highest BCUT2D eigenvalue weighted by Crippen LogP contribution is 2.25. The molecule has 88 valence electrons. The minimum Gasteiger partial charge on any atom is -0.496 e. The fraction of sp³-hybridized carbons (Fsp3) is 0.417. The second kappa shape index (κ2) is 5.09. The first kappa shape index (κ1) is 12.7. The third kappa shape index (κ3) is 2.40. The van der Waals surface area contributed by atoms with Crippen molar-refractivity contribution in [3.8, 4) is 5.75 Å². The van der Waals surface area contributed by atoms with Crippen molar-refractivity contribution < 1.29 is 14.6 Å². The molecule has 0 heterocycles. The van der Waals surface area contributed by atoms with Crippen LogP contribution in [0.4, 0.5) is 0 Å². The number of ether oxygens (including phenoxy) is 1. The van der Waals surface area contributed by atoms with Crippen LogP contribution in [0.2, 0.25) is 0 Å². The molecule has 3 N–H and O–H groups in total. The molecule has 4 nitrogen and oxygen atoms in total. The second-order valence-corrected chi connectivity index (χ2v) is 3.77. The van der Waals surface area contributed by atoms with Gasteiger partial charge in [0.25, 0.3) is 0 Å². The van der Waals surface area contributed by atoms with Gasteiger partial charge in [0.15, 0.2) is 5.78 Å². The number of Topliss-reactive ketones (excluding diaryl/α,β-unsaturated/α-hetero) is 1. The van der Waals surface area contributed by atoms with Gasteiger partial charge in [-0.3, -0.25) is 4.79 Å². The molecule has 1 rings (SSSR count). The third-order valence-electron chi connectivity index (χ3n) is 2.44. The Labute approximate surface area is 95.0 Å². The van der Waals surface area contributed by atoms with E-state index < -0.39 is 11.9 Å². The highest BCUT2D eigenvalue weighted by atomic mass is 16.5. The van der Waals surface area contributed by atoms with Gasteiger partial charge in [-0.15, -0.1) is 0 Å². The molecule has 0 spiro atoms. The zero-order valence-corrected chi connectivity index (χ0v) is 9.78. The van der Waals surface area contributed by atoms with Crippen LogP contribution in [-0.2, 0) is 0 Å². The molecular weight excluding hydrogens is 206 g/mol. The van der Waals surface area contributed by atoms with E-state index in [2.05, 4.69) is 0 Å². The molecule has 4 heteroatoms. The summed E-state index contributed by atoms with van der Waals surface area (Å²) in [5.74, 6) is 0.0897. The maximum atomic E-state index is 11.9. The predicted molar refractivity (Wildman–Crippen MR) is 61.9 cm³/mol. The van der Waals surface area contributed by atoms with Gasteiger partial charge in [0.05, 0.1) is 12.7 Å². The molecule has 0 bridgehead atoms. The third-order valence-corrected chi connectivity index (χ3v) is 2.44. The topological polar surface area (TPSA) is 72.5 Å². The monoisotopic (exact) mass is 223 g/mol. The first-order valence-corrected chi connectivity index (χ1v) is 5.08. The second-order valence-electron chi connectivity index (χ2n) is 3.77. The lowest BCUT2D eigenvalue weighted by atomic mass is 9.98. The van der Waals surface area contributed by atoms with Crippen LogP contribution < -0.4 is 10.5 Å². The molecule has 0 aliphatic carbocycles. The number of nitrogens with two attached hydrogens (primary N) is 1. The molecule has 0 radical (unpaired) electrons. The average molecular weight is 223 g/mol. The number of ketones is 1. The first-order valence-electron chi connectivity index (χ1n) is 5.08. The standard InChI is InChI=1S/C12H17NO3/c1-7-4-8(2)11(10(5-7)16-3)12(15)9(14)6-13/h4-5,9,14H,6,13H2,1-3H3. The Hall–Kier alpha value is -1.39. The molecule has 0 saturated carbocycles. The van der Waals surface area contributed by atoms with Gasteiger partial charge >= 0.3 is 0 Å². The number of carbonyl (C=O) groups excluding carboxylic acids is 1. The molecule has 1 atom stereocenters. The summed E-state index contributed by atoms with van der Waals surface area (Å²) >= 11 is 0. The largest absolute Gasteiger partial charge is 0.496 e. The average Bonchev–Trinajstić information content (AvgIpc) is 2.26. The van der Waals surface area contributed by atoms with Crippen LogP contribution in [0.15, 0.2) is 12.1 Å². The van der Waals surface area contributed by atoms with Crippen molar-refractivity contribution in [3.05, 3.63) is 28.8 Å². The van der Waals surface area contributed by atoms with Crippen molar-refractivity contribution in [3.63, 3.8) is 0 Å². The van der Waals surface area contributed by atoms with Crippen LogP contribution in [0.25, 0.3) is 0 Å². The molecule has 0 aliphatic heterocycles. The molecule has 0 amide bonds. The highest BCUT2D eigenvalue weighted by molar-refractivity contribution is 6.03. The molecule has 1 aromatic carbocycles. The SMILES string of the molecule is COc1cc(C)cc(C)c1C(=O)C(O)CN. The highest BCUT2D eigenvalue weighted by Gasteiger charge is 2.21. The Morgan fingerprint density at radius 3 is 2.62 bits per heavy atom. The fourth-order valence-corrected chi connectivity index (χ4v) is 1.68. The molecular formula is C12H17NO3. The van der Waals surface area contributed by atoms with Crippen LogP contribution >= 0.6 is 0 Å². The number of methoxy groups -OCH3 is 1. The summed E-state index contributed by atoms with van der Waals surface area (Å²) in [6.45, 7) is 3.64. The lowest BCUT2D eigenvalue weighted by Gasteiger charge is -2.14. The summed E-state index contributed by atoms with van der Waals surface area (Å²) in [7, 11) is 1.50. The van der Waals surface area contributed by atoms with Crippen molar-refractivity contribution in [2.45, 2.75) is 20.0 Å². The minimum absolute atomic E-state index is 0.0880. The zero-order valence-electron chi connectivity index (χ0n) is 9.78. The molecule has 1 unspecified atom stereocenters. The number of hydrogen-bond donors (Lipinski definition) is 2. The van der Waals surface area contributed by atoms with Crippen LogP contribution in [0, 0.1) is 13.8 Å². The van der Waals surface area contributed by atoms with E-state index in [1.807, 2.05) is 19.9 Å². The Kier molecular flexibility index (Phi) is 4.04. The van der Waals surface area contributed by atoms with Crippen molar-refractivity contribution in [2.24, 2.45) is 5.73 Å². The normalized spacial score (nSPS) is 12.3. The predicted octanol–water partition coefficient (Wildman–Crippen LogP) is 0.814. The van der Waals surface area contributed by atoms with Crippen molar-refractivity contribution >= 4 is 5.78 Å². The number of hydrogen-bond acceptors (Lipinski definition) is 4. The summed E-state index contributed by atoms with van der Waals surface area (Å²) in [5, 5.41) is 9.46. The van der Waals surface area contributed by atoms with Crippen LogP contribution in [0.1, 0.15) is 21.5 Å². The van der Waals surface area contributed by atoms with E-state index in [1.165, 1.54) is 7.11 Å². The Bertz CT molecular complexity index is 401. The van der Waals surface area contributed by atoms with E-state index in [9.17, 15) is 9.90 Å². The van der Waals surface area contributed by atoms with Gasteiger partial charge in [0.2, 0.25) is 0 Å². The molecule has 1 aromatic rings. The molecule has 0 aliphatic rings. The number of aliphatic hydroxyl groups excluding tert-OH is 1. The summed E-state index contributed by atoms with van der Waals surface area (Å²) in [6.07, 6.45) is -1.17. The van der Waals surface area contributed by atoms with Crippen molar-refractivity contribution in [1.82, 2.24) is 0 Å². The molecule has 0 saturated heterocycles. The Morgan fingerprint density at radius 2 is 2.12 bits per heavy atom. The molecule has 16 heavy (non-hydrogen) atoms. The number of rotatable bonds is 4. The van der Waals surface area contributed by atoms with E-state index in [0.29, 0.717) is 11.3 Å². The number of aliphatic hydroxyl groups is 1. The quantitative estimate of drug-likeness (QED) is 0.741. The van der Waals surface area contributed by atoms with E-state index in [0.717, 1.165) is 11.1 Å². The van der Waals surface area contributed by atoms with Gasteiger partial charge in [-0.25, -0.2) is 0 Å². The minimum atomic E-state index is -1.17. The summed E-state index contributed by atoms with van der Waals surface area (Å²) in [6, 6.07) is 3.64. The summed E-state index contributed by atoms with van der Waals surface area (Å²) < 4.78 is 5.15. The van der Waals surface area contributed by atoms with E-state index in [1.54, 1.807) is 6.07 Å². The van der Waals surface area contributed by atoms with Gasteiger partial charge in [-0.05, 0) is 31.0 Å². The number of carbonyl (C=O) groups is 1. The van der Waals surface area contributed by atoms with Crippen LogP contribution in [0.3, 0.4) is 0 Å². The Morgan fingerprint density at radius 1 is 1.50 bits per heavy atom. The maximum Gasteiger partial charge on any atom is 0.196 e. The lowest BCUT2D eigenvalue weighted by Crippen LogP contribution is -2.30. The van der Waals surface area contributed by atoms with Crippen molar-refractivity contribution in [1.29, 1.82) is 0 Å². The van der Waals surface area contributed by atoms with Crippen LogP contribution in [0.5, 0.6) is 5.75 Å².